The Morgan fingerprint density at radius 1 is 0.194 bits per heavy atom. The highest BCUT2D eigenvalue weighted by atomic mass is 15.1. The van der Waals surface area contributed by atoms with Crippen molar-refractivity contribution in [3.8, 4) is 66.8 Å². The molecule has 0 aliphatic heterocycles. The first-order valence-electron chi connectivity index (χ1n) is 23.1. The molecule has 314 valence electrons. The molecule has 0 radical (unpaired) electrons. The molecule has 0 unspecified atom stereocenters. The van der Waals surface area contributed by atoms with Gasteiger partial charge in [0.2, 0.25) is 0 Å². The van der Waals surface area contributed by atoms with Gasteiger partial charge in [-0.3, -0.25) is 0 Å². The molecule has 67 heavy (non-hydrogen) atoms. The van der Waals surface area contributed by atoms with Crippen molar-refractivity contribution < 1.29 is 0 Å². The van der Waals surface area contributed by atoms with E-state index in [9.17, 15) is 0 Å². The van der Waals surface area contributed by atoms with Gasteiger partial charge >= 0.3 is 0 Å². The van der Waals surface area contributed by atoms with Crippen LogP contribution < -0.4 is 4.90 Å². The average Bonchev–Trinajstić information content (AvgIpc) is 3.41. The van der Waals surface area contributed by atoms with Gasteiger partial charge in [-0.15, -0.1) is 0 Å². The van der Waals surface area contributed by atoms with Gasteiger partial charge in [-0.25, -0.2) is 0 Å². The lowest BCUT2D eigenvalue weighted by Crippen LogP contribution is -2.09. The molecular weight excluding hydrogens is 807 g/mol. The first-order chi connectivity index (χ1) is 33.2. The quantitative estimate of drug-likeness (QED) is 0.131. The molecule has 0 saturated heterocycles. The van der Waals surface area contributed by atoms with Crippen molar-refractivity contribution in [3.63, 3.8) is 0 Å². The Kier molecular flexibility index (Phi) is 10.3. The maximum absolute atomic E-state index is 2.37. The Bertz CT molecular complexity index is 3690. The Morgan fingerprint density at radius 3 is 1.19 bits per heavy atom. The molecule has 12 aromatic carbocycles. The number of hydrogen-bond donors (Lipinski definition) is 0. The molecule has 0 N–H and O–H groups in total. The molecule has 0 fully saturated rings. The molecule has 0 amide bonds. The number of hydrogen-bond acceptors (Lipinski definition) is 1. The Balaban J connectivity index is 0.936. The Labute approximate surface area is 392 Å². The molecule has 0 aromatic heterocycles. The van der Waals surface area contributed by atoms with Gasteiger partial charge in [0.15, 0.2) is 0 Å². The minimum atomic E-state index is 1.08. The van der Waals surface area contributed by atoms with E-state index < -0.39 is 0 Å². The molecule has 12 aromatic rings. The number of anilines is 3. The van der Waals surface area contributed by atoms with Crippen molar-refractivity contribution in [2.24, 2.45) is 0 Å². The van der Waals surface area contributed by atoms with Crippen molar-refractivity contribution in [2.75, 3.05) is 4.90 Å². The first kappa shape index (κ1) is 39.8. The second kappa shape index (κ2) is 17.3. The van der Waals surface area contributed by atoms with Crippen LogP contribution in [0, 0.1) is 0 Å². The molecule has 0 heterocycles. The maximum Gasteiger partial charge on any atom is 0.0462 e. The van der Waals surface area contributed by atoms with Gasteiger partial charge in [0.05, 0.1) is 0 Å². The fourth-order valence-electron chi connectivity index (χ4n) is 9.91. The van der Waals surface area contributed by atoms with Crippen molar-refractivity contribution in [3.05, 3.63) is 273 Å². The lowest BCUT2D eigenvalue weighted by Gasteiger charge is -2.26. The summed E-state index contributed by atoms with van der Waals surface area (Å²) in [5, 5.41) is 7.56. The van der Waals surface area contributed by atoms with Crippen LogP contribution >= 0.6 is 0 Å². The van der Waals surface area contributed by atoms with Gasteiger partial charge in [0, 0.05) is 17.1 Å². The highest BCUT2D eigenvalue weighted by Gasteiger charge is 2.17. The third-order valence-corrected chi connectivity index (χ3v) is 13.3. The van der Waals surface area contributed by atoms with Crippen molar-refractivity contribution >= 4 is 49.4 Å². The Hall–Kier alpha value is -8.78. The summed E-state index contributed by atoms with van der Waals surface area (Å²) in [5.74, 6) is 0. The molecule has 1 heteroatoms. The fraction of sp³-hybridized carbons (Fsp3) is 0. The van der Waals surface area contributed by atoms with Crippen LogP contribution in [0.2, 0.25) is 0 Å². The number of nitrogens with zero attached hydrogens (tertiary/aromatic N) is 1. The highest BCUT2D eigenvalue weighted by molar-refractivity contribution is 6.08. The molecule has 0 aliphatic carbocycles. The summed E-state index contributed by atoms with van der Waals surface area (Å²) in [6.07, 6.45) is 0. The molecule has 0 atom stereocenters. The Morgan fingerprint density at radius 2 is 0.582 bits per heavy atom. The van der Waals surface area contributed by atoms with Gasteiger partial charge in [-0.05, 0) is 148 Å². The van der Waals surface area contributed by atoms with Crippen LogP contribution in [0.1, 0.15) is 0 Å². The van der Waals surface area contributed by atoms with Crippen LogP contribution in [-0.2, 0) is 0 Å². The lowest BCUT2D eigenvalue weighted by molar-refractivity contribution is 1.28. The summed E-state index contributed by atoms with van der Waals surface area (Å²) >= 11 is 0. The fourth-order valence-corrected chi connectivity index (χ4v) is 9.91. The first-order valence-corrected chi connectivity index (χ1v) is 23.1. The molecule has 0 spiro atoms. The molecule has 0 bridgehead atoms. The summed E-state index contributed by atoms with van der Waals surface area (Å²) < 4.78 is 0. The van der Waals surface area contributed by atoms with E-state index in [0.717, 1.165) is 17.1 Å². The molecule has 0 aliphatic rings. The largest absolute Gasteiger partial charge is 0.311 e. The lowest BCUT2D eigenvalue weighted by atomic mass is 9.90. The summed E-state index contributed by atoms with van der Waals surface area (Å²) in [6.45, 7) is 0. The van der Waals surface area contributed by atoms with E-state index in [1.165, 1.54) is 99.1 Å². The normalized spacial score (nSPS) is 11.3. The zero-order chi connectivity index (χ0) is 44.5. The second-order valence-corrected chi connectivity index (χ2v) is 17.3. The maximum atomic E-state index is 2.37. The van der Waals surface area contributed by atoms with Gasteiger partial charge in [-0.2, -0.15) is 0 Å². The summed E-state index contributed by atoms with van der Waals surface area (Å²) in [7, 11) is 0. The van der Waals surface area contributed by atoms with Gasteiger partial charge in [0.1, 0.15) is 0 Å². The van der Waals surface area contributed by atoms with Gasteiger partial charge in [-0.1, -0.05) is 224 Å². The third kappa shape index (κ3) is 7.63. The van der Waals surface area contributed by atoms with E-state index >= 15 is 0 Å². The molecule has 0 saturated carbocycles. The predicted molar refractivity (Wildman–Crippen MR) is 286 cm³/mol. The van der Waals surface area contributed by atoms with Crippen LogP contribution in [0.4, 0.5) is 17.1 Å². The van der Waals surface area contributed by atoms with E-state index in [4.69, 9.17) is 0 Å². The summed E-state index contributed by atoms with van der Waals surface area (Å²) in [6, 6.07) is 99.4. The SMILES string of the molecule is c1ccc(-c2ccc(-c3ccc(N(c4ccc(-c5ccc6c(ccc7ccccc76)c5)cc4)c4ccc(-c5ccc6ccccc6c5-c5ccccc5)cc4)cc3)cc2-c2ccccc2)cc1. The summed E-state index contributed by atoms with van der Waals surface area (Å²) in [4.78, 5) is 2.37. The minimum Gasteiger partial charge on any atom is -0.311 e. The third-order valence-electron chi connectivity index (χ3n) is 13.3. The number of benzene rings is 12. The zero-order valence-corrected chi connectivity index (χ0v) is 36.9. The van der Waals surface area contributed by atoms with Gasteiger partial charge < -0.3 is 4.90 Å². The van der Waals surface area contributed by atoms with E-state index in [-0.39, 0.29) is 0 Å². The van der Waals surface area contributed by atoms with Crippen molar-refractivity contribution in [2.45, 2.75) is 0 Å². The van der Waals surface area contributed by atoms with Crippen molar-refractivity contribution in [1.82, 2.24) is 0 Å². The topological polar surface area (TPSA) is 3.24 Å². The average molecular weight is 852 g/mol. The van der Waals surface area contributed by atoms with E-state index in [1.54, 1.807) is 0 Å². The van der Waals surface area contributed by atoms with Crippen LogP contribution in [0.25, 0.3) is 99.1 Å². The molecule has 12 rings (SSSR count). The number of fused-ring (bicyclic) bond motifs is 4. The second-order valence-electron chi connectivity index (χ2n) is 17.3. The van der Waals surface area contributed by atoms with Crippen LogP contribution in [0.15, 0.2) is 273 Å². The van der Waals surface area contributed by atoms with Crippen molar-refractivity contribution in [1.29, 1.82) is 0 Å². The predicted octanol–water partition coefficient (Wildman–Crippen LogP) is 18.6. The minimum absolute atomic E-state index is 1.08. The zero-order valence-electron chi connectivity index (χ0n) is 36.9. The van der Waals surface area contributed by atoms with Crippen LogP contribution in [0.5, 0.6) is 0 Å². The smallest absolute Gasteiger partial charge is 0.0462 e. The summed E-state index contributed by atoms with van der Waals surface area (Å²) in [5.41, 5.74) is 17.7. The molecule has 1 nitrogen and oxygen atoms in total. The van der Waals surface area contributed by atoms with Crippen LogP contribution in [-0.4, -0.2) is 0 Å². The van der Waals surface area contributed by atoms with Crippen LogP contribution in [0.3, 0.4) is 0 Å². The molecular formula is C66H45N. The van der Waals surface area contributed by atoms with E-state index in [2.05, 4.69) is 278 Å². The monoisotopic (exact) mass is 851 g/mol. The van der Waals surface area contributed by atoms with E-state index in [1.807, 2.05) is 0 Å². The number of rotatable bonds is 9. The highest BCUT2D eigenvalue weighted by Crippen LogP contribution is 2.42. The standard InChI is InChI=1S/C66H45N/c1-4-14-48(15-5-1)61-41-34-55(45-65(61)49-16-6-2-7-17-49)47-28-37-58(38-29-47)67(57-35-26-46(27-36-57)54-33-42-62-56(44-54)25-24-50-18-10-12-22-60(50)62)59-39-30-52(31-40-59)64-43-32-51-19-11-13-23-63(51)66(64)53-20-8-3-9-21-53/h1-45H. The van der Waals surface area contributed by atoms with Gasteiger partial charge in [0.25, 0.3) is 0 Å². The van der Waals surface area contributed by atoms with E-state index in [0.29, 0.717) is 0 Å².